The van der Waals surface area contributed by atoms with Crippen LogP contribution in [0.25, 0.3) is 0 Å². The minimum absolute atomic E-state index is 0.0530. The van der Waals surface area contributed by atoms with Gasteiger partial charge >= 0.3 is 0 Å². The molecule has 164 valence electrons. The van der Waals surface area contributed by atoms with Gasteiger partial charge in [-0.3, -0.25) is 14.6 Å². The Morgan fingerprint density at radius 3 is 2.13 bits per heavy atom. The van der Waals surface area contributed by atoms with Crippen LogP contribution in [-0.2, 0) is 15.4 Å². The summed E-state index contributed by atoms with van der Waals surface area (Å²) in [6.07, 6.45) is 3.44. The number of aromatic nitrogens is 1. The summed E-state index contributed by atoms with van der Waals surface area (Å²) in [7, 11) is 0.104. The number of sulfonamides is 1. The molecule has 1 N–H and O–H groups in total. The zero-order valence-corrected chi connectivity index (χ0v) is 20.0. The highest BCUT2D eigenvalue weighted by atomic mass is 35.5. The molecule has 0 amide bonds. The molecule has 5 nitrogen and oxygen atoms in total. The maximum Gasteiger partial charge on any atom is 0.261 e. The lowest BCUT2D eigenvalue weighted by molar-refractivity contribution is 0.343. The van der Waals surface area contributed by atoms with Crippen molar-refractivity contribution in [2.75, 3.05) is 18.8 Å². The number of rotatable bonds is 6. The van der Waals surface area contributed by atoms with E-state index in [1.54, 1.807) is 42.7 Å². The molecular weight excluding hydrogens is 430 g/mol. The van der Waals surface area contributed by atoms with Gasteiger partial charge in [0, 0.05) is 17.4 Å². The van der Waals surface area contributed by atoms with Crippen molar-refractivity contribution in [3.8, 4) is 0 Å². The third-order valence-electron chi connectivity index (χ3n) is 5.12. The van der Waals surface area contributed by atoms with Crippen molar-refractivity contribution in [1.29, 1.82) is 0 Å². The first-order chi connectivity index (χ1) is 14.5. The largest absolute Gasteiger partial charge is 0.298 e. The number of benzene rings is 2. The van der Waals surface area contributed by atoms with Gasteiger partial charge in [-0.25, -0.2) is 8.42 Å². The van der Waals surface area contributed by atoms with Crippen LogP contribution in [0, 0.1) is 0 Å². The molecule has 0 saturated heterocycles. The second-order valence-corrected chi connectivity index (χ2v) is 10.9. The van der Waals surface area contributed by atoms with Gasteiger partial charge in [0.05, 0.1) is 16.6 Å². The predicted molar refractivity (Wildman–Crippen MR) is 127 cm³/mol. The Labute approximate surface area is 190 Å². The summed E-state index contributed by atoms with van der Waals surface area (Å²) in [6, 6.07) is 15.8. The van der Waals surface area contributed by atoms with E-state index >= 15 is 0 Å². The maximum absolute atomic E-state index is 13.2. The third kappa shape index (κ3) is 5.45. The first kappa shape index (κ1) is 23.3. The normalized spacial score (nSPS) is 13.3. The van der Waals surface area contributed by atoms with Crippen LogP contribution in [0.4, 0.5) is 5.69 Å². The minimum atomic E-state index is -3.78. The predicted octanol–water partition coefficient (Wildman–Crippen LogP) is 5.48. The van der Waals surface area contributed by atoms with Crippen molar-refractivity contribution >= 4 is 27.3 Å². The average Bonchev–Trinajstić information content (AvgIpc) is 2.70. The SMILES string of the molecule is CN(C)C(c1ccncc1)c1cc(Cl)ccc1NS(=O)(=O)c1ccc(C(C)(C)C)cc1. The molecule has 2 aromatic carbocycles. The number of pyridine rings is 1. The first-order valence-corrected chi connectivity index (χ1v) is 11.8. The van der Waals surface area contributed by atoms with E-state index in [1.807, 2.05) is 43.3 Å². The quantitative estimate of drug-likeness (QED) is 0.532. The summed E-state index contributed by atoms with van der Waals surface area (Å²) in [4.78, 5) is 6.31. The summed E-state index contributed by atoms with van der Waals surface area (Å²) in [5.41, 5.74) is 3.25. The van der Waals surface area contributed by atoms with E-state index < -0.39 is 10.0 Å². The van der Waals surface area contributed by atoms with E-state index in [0.717, 1.165) is 16.7 Å². The van der Waals surface area contributed by atoms with Gasteiger partial charge in [0.1, 0.15) is 0 Å². The number of nitrogens with one attached hydrogen (secondary N) is 1. The summed E-state index contributed by atoms with van der Waals surface area (Å²) >= 11 is 6.29. The van der Waals surface area contributed by atoms with Crippen LogP contribution >= 0.6 is 11.6 Å². The monoisotopic (exact) mass is 457 g/mol. The van der Waals surface area contributed by atoms with Gasteiger partial charge in [-0.15, -0.1) is 0 Å². The molecule has 0 spiro atoms. The molecular formula is C24H28ClN3O2S. The van der Waals surface area contributed by atoms with E-state index in [1.165, 1.54) is 0 Å². The molecule has 0 radical (unpaired) electrons. The second kappa shape index (κ2) is 8.99. The van der Waals surface area contributed by atoms with Crippen LogP contribution in [0.3, 0.4) is 0 Å². The molecule has 0 aliphatic carbocycles. The third-order valence-corrected chi connectivity index (χ3v) is 6.74. The van der Waals surface area contributed by atoms with E-state index in [9.17, 15) is 8.42 Å². The standard InChI is InChI=1S/C24H28ClN3O2S/c1-24(2,3)18-6-9-20(10-7-18)31(29,30)27-22-11-8-19(25)16-21(22)23(28(4)5)17-12-14-26-15-13-17/h6-16,23,27H,1-5H3. The van der Waals surface area contributed by atoms with Crippen molar-refractivity contribution in [3.63, 3.8) is 0 Å². The molecule has 0 aliphatic rings. The van der Waals surface area contributed by atoms with Crippen LogP contribution in [0.1, 0.15) is 43.5 Å². The van der Waals surface area contributed by atoms with Gasteiger partial charge in [0.15, 0.2) is 0 Å². The lowest BCUT2D eigenvalue weighted by atomic mass is 9.87. The topological polar surface area (TPSA) is 62.3 Å². The number of anilines is 1. The number of halogens is 1. The lowest BCUT2D eigenvalue weighted by Gasteiger charge is -2.27. The van der Waals surface area contributed by atoms with Crippen molar-refractivity contribution in [2.24, 2.45) is 0 Å². The van der Waals surface area contributed by atoms with Gasteiger partial charge < -0.3 is 0 Å². The van der Waals surface area contributed by atoms with Gasteiger partial charge in [-0.2, -0.15) is 0 Å². The Bertz CT molecular complexity index is 1140. The Kier molecular flexibility index (Phi) is 6.74. The molecule has 3 aromatic rings. The fraction of sp³-hybridized carbons (Fsp3) is 0.292. The molecule has 0 aliphatic heterocycles. The number of hydrogen-bond acceptors (Lipinski definition) is 4. The first-order valence-electron chi connectivity index (χ1n) is 9.98. The Morgan fingerprint density at radius 2 is 1.58 bits per heavy atom. The van der Waals surface area contributed by atoms with E-state index in [-0.39, 0.29) is 16.4 Å². The zero-order valence-electron chi connectivity index (χ0n) is 18.4. The fourth-order valence-corrected chi connectivity index (χ4v) is 4.76. The molecule has 1 atom stereocenters. The van der Waals surface area contributed by atoms with Crippen molar-refractivity contribution in [1.82, 2.24) is 9.88 Å². The fourth-order valence-electron chi connectivity index (χ4n) is 3.49. The number of hydrogen-bond donors (Lipinski definition) is 1. The van der Waals surface area contributed by atoms with E-state index in [4.69, 9.17) is 11.6 Å². The summed E-state index contributed by atoms with van der Waals surface area (Å²) in [6.45, 7) is 6.28. The number of nitrogens with zero attached hydrogens (tertiary/aromatic N) is 2. The van der Waals surface area contributed by atoms with Gasteiger partial charge in [-0.1, -0.05) is 44.5 Å². The van der Waals surface area contributed by atoms with Crippen LogP contribution < -0.4 is 4.72 Å². The molecule has 31 heavy (non-hydrogen) atoms. The van der Waals surface area contributed by atoms with Crippen LogP contribution in [0.5, 0.6) is 0 Å². The smallest absolute Gasteiger partial charge is 0.261 e. The molecule has 1 heterocycles. The van der Waals surface area contributed by atoms with Crippen LogP contribution in [0.15, 0.2) is 71.9 Å². The minimum Gasteiger partial charge on any atom is -0.298 e. The highest BCUT2D eigenvalue weighted by molar-refractivity contribution is 7.92. The highest BCUT2D eigenvalue weighted by Gasteiger charge is 2.24. The average molecular weight is 458 g/mol. The van der Waals surface area contributed by atoms with Crippen molar-refractivity contribution in [2.45, 2.75) is 37.1 Å². The Balaban J connectivity index is 2.02. The highest BCUT2D eigenvalue weighted by Crippen LogP contribution is 2.35. The van der Waals surface area contributed by atoms with Crippen LogP contribution in [0.2, 0.25) is 5.02 Å². The molecule has 1 aromatic heterocycles. The summed E-state index contributed by atoms with van der Waals surface area (Å²) in [5.74, 6) is 0. The summed E-state index contributed by atoms with van der Waals surface area (Å²) in [5, 5.41) is 0.536. The second-order valence-electron chi connectivity index (χ2n) is 8.76. The zero-order chi connectivity index (χ0) is 22.8. The van der Waals surface area contributed by atoms with Gasteiger partial charge in [-0.05, 0) is 78.7 Å². The maximum atomic E-state index is 13.2. The van der Waals surface area contributed by atoms with Crippen LogP contribution in [-0.4, -0.2) is 32.4 Å². The van der Waals surface area contributed by atoms with Crippen molar-refractivity contribution < 1.29 is 8.42 Å². The summed E-state index contributed by atoms with van der Waals surface area (Å²) < 4.78 is 29.1. The Hall–Kier alpha value is -2.41. The Morgan fingerprint density at radius 1 is 0.968 bits per heavy atom. The molecule has 0 saturated carbocycles. The van der Waals surface area contributed by atoms with Crippen molar-refractivity contribution in [3.05, 3.63) is 88.7 Å². The van der Waals surface area contributed by atoms with Gasteiger partial charge in [0.2, 0.25) is 0 Å². The van der Waals surface area contributed by atoms with E-state index in [0.29, 0.717) is 10.7 Å². The molecule has 3 rings (SSSR count). The van der Waals surface area contributed by atoms with E-state index in [2.05, 4.69) is 30.5 Å². The van der Waals surface area contributed by atoms with Gasteiger partial charge in [0.25, 0.3) is 10.0 Å². The molecule has 7 heteroatoms. The molecule has 0 fully saturated rings. The molecule has 1 unspecified atom stereocenters. The molecule has 0 bridgehead atoms. The lowest BCUT2D eigenvalue weighted by Crippen LogP contribution is -2.23.